The molecule has 0 spiro atoms. The van der Waals surface area contributed by atoms with Crippen LogP contribution in [0.25, 0.3) is 0 Å². The third-order valence-corrected chi connectivity index (χ3v) is 2.25. The molecule has 0 atom stereocenters. The van der Waals surface area contributed by atoms with Crippen LogP contribution < -0.4 is 0 Å². The minimum atomic E-state index is 0.332. The Labute approximate surface area is 72.4 Å². The van der Waals surface area contributed by atoms with Crippen LogP contribution in [0.5, 0.6) is 0 Å². The Morgan fingerprint density at radius 3 is 2.75 bits per heavy atom. The molecule has 1 aromatic carbocycles. The fraction of sp³-hybridized carbons (Fsp3) is 0.364. The number of Topliss-reactive ketones (excluding diaryl/α,β-unsaturated/α-hetero) is 1. The molecule has 2 rings (SSSR count). The smallest absolute Gasteiger partial charge is 0.165 e. The van der Waals surface area contributed by atoms with Gasteiger partial charge in [-0.2, -0.15) is 0 Å². The molecule has 1 nitrogen and oxygen atoms in total. The number of aryl methyl sites for hydroxylation is 1. The van der Waals surface area contributed by atoms with Gasteiger partial charge in [0.2, 0.25) is 0 Å². The zero-order valence-corrected chi connectivity index (χ0v) is 7.21. The van der Waals surface area contributed by atoms with Crippen molar-refractivity contribution in [1.82, 2.24) is 0 Å². The maximum atomic E-state index is 11.6. The fourth-order valence-electron chi connectivity index (χ4n) is 1.38. The lowest BCUT2D eigenvalue weighted by atomic mass is 10.1. The summed E-state index contributed by atoms with van der Waals surface area (Å²) in [6.45, 7) is 2.02. The van der Waals surface area contributed by atoms with Gasteiger partial charge in [0.1, 0.15) is 0 Å². The Kier molecular flexibility index (Phi) is 1.72. The number of ketones is 1. The lowest BCUT2D eigenvalue weighted by Gasteiger charge is -1.98. The van der Waals surface area contributed by atoms with E-state index >= 15 is 0 Å². The van der Waals surface area contributed by atoms with E-state index in [2.05, 4.69) is 0 Å². The molecule has 1 fully saturated rings. The van der Waals surface area contributed by atoms with E-state index in [9.17, 15) is 4.79 Å². The van der Waals surface area contributed by atoms with Crippen molar-refractivity contribution in [3.63, 3.8) is 0 Å². The average Bonchev–Trinajstić information content (AvgIpc) is 2.85. The fourth-order valence-corrected chi connectivity index (χ4v) is 1.38. The molecule has 0 aromatic heterocycles. The van der Waals surface area contributed by atoms with Crippen molar-refractivity contribution in [3.05, 3.63) is 35.4 Å². The van der Waals surface area contributed by atoms with Gasteiger partial charge in [0.15, 0.2) is 5.78 Å². The van der Waals surface area contributed by atoms with Crippen LogP contribution in [0.4, 0.5) is 0 Å². The van der Waals surface area contributed by atoms with E-state index in [0.29, 0.717) is 11.7 Å². The molecule has 1 saturated carbocycles. The molecule has 1 heteroatoms. The number of carbonyl (C=O) groups excluding carboxylic acids is 1. The van der Waals surface area contributed by atoms with Gasteiger partial charge in [-0.05, 0) is 25.8 Å². The van der Waals surface area contributed by atoms with Gasteiger partial charge in [-0.25, -0.2) is 0 Å². The number of rotatable bonds is 2. The van der Waals surface area contributed by atoms with E-state index in [0.717, 1.165) is 18.4 Å². The molecule has 0 amide bonds. The Balaban J connectivity index is 2.26. The summed E-state index contributed by atoms with van der Waals surface area (Å²) in [4.78, 5) is 11.6. The van der Waals surface area contributed by atoms with Crippen LogP contribution in [0.15, 0.2) is 24.3 Å². The van der Waals surface area contributed by atoms with Crippen LogP contribution in [-0.2, 0) is 0 Å². The van der Waals surface area contributed by atoms with Crippen LogP contribution in [0.3, 0.4) is 0 Å². The van der Waals surface area contributed by atoms with Crippen molar-refractivity contribution < 1.29 is 4.79 Å². The Bertz CT molecular complexity index is 311. The summed E-state index contributed by atoms with van der Waals surface area (Å²) in [6, 6.07) is 7.85. The largest absolute Gasteiger partial charge is 0.294 e. The highest BCUT2D eigenvalue weighted by atomic mass is 16.1. The molecular weight excluding hydrogens is 148 g/mol. The first-order valence-electron chi connectivity index (χ1n) is 4.38. The lowest BCUT2D eigenvalue weighted by Crippen LogP contribution is -2.00. The molecule has 0 N–H and O–H groups in total. The van der Waals surface area contributed by atoms with Crippen LogP contribution >= 0.6 is 0 Å². The minimum Gasteiger partial charge on any atom is -0.294 e. The Morgan fingerprint density at radius 2 is 2.17 bits per heavy atom. The maximum absolute atomic E-state index is 11.6. The SMILES string of the molecule is Cc1cccc(C(=O)C2CC2)c1. The van der Waals surface area contributed by atoms with Gasteiger partial charge >= 0.3 is 0 Å². The predicted octanol–water partition coefficient (Wildman–Crippen LogP) is 2.59. The van der Waals surface area contributed by atoms with E-state index in [-0.39, 0.29) is 0 Å². The third kappa shape index (κ3) is 1.40. The summed E-state index contributed by atoms with van der Waals surface area (Å²) >= 11 is 0. The van der Waals surface area contributed by atoms with Crippen LogP contribution in [0.2, 0.25) is 0 Å². The standard InChI is InChI=1S/C11H12O/c1-8-3-2-4-10(7-8)11(12)9-5-6-9/h2-4,7,9H,5-6H2,1H3. The van der Waals surface area contributed by atoms with E-state index in [4.69, 9.17) is 0 Å². The zero-order chi connectivity index (χ0) is 8.55. The van der Waals surface area contributed by atoms with Crippen LogP contribution in [0.1, 0.15) is 28.8 Å². The lowest BCUT2D eigenvalue weighted by molar-refractivity contribution is 0.0967. The van der Waals surface area contributed by atoms with Gasteiger partial charge in [-0.1, -0.05) is 23.8 Å². The minimum absolute atomic E-state index is 0.332. The predicted molar refractivity (Wildman–Crippen MR) is 48.2 cm³/mol. The number of benzene rings is 1. The summed E-state index contributed by atoms with van der Waals surface area (Å²) in [5.41, 5.74) is 2.05. The topological polar surface area (TPSA) is 17.1 Å². The van der Waals surface area contributed by atoms with Crippen molar-refractivity contribution >= 4 is 5.78 Å². The molecule has 0 radical (unpaired) electrons. The molecule has 62 valence electrons. The highest BCUT2D eigenvalue weighted by molar-refractivity contribution is 5.99. The molecule has 1 aliphatic rings. The molecule has 0 bridgehead atoms. The highest BCUT2D eigenvalue weighted by Gasteiger charge is 2.30. The molecule has 0 unspecified atom stereocenters. The number of hydrogen-bond donors (Lipinski definition) is 0. The molecule has 0 aliphatic heterocycles. The van der Waals surface area contributed by atoms with E-state index in [1.165, 1.54) is 5.56 Å². The summed E-state index contributed by atoms with van der Waals surface area (Å²) in [7, 11) is 0. The third-order valence-electron chi connectivity index (χ3n) is 2.25. The van der Waals surface area contributed by atoms with Gasteiger partial charge in [-0.3, -0.25) is 4.79 Å². The molecule has 1 aliphatic carbocycles. The molecule has 1 aromatic rings. The van der Waals surface area contributed by atoms with Crippen molar-refractivity contribution in [3.8, 4) is 0 Å². The summed E-state index contributed by atoms with van der Waals surface area (Å²) < 4.78 is 0. The molecule has 0 heterocycles. The molecular formula is C11H12O. The highest BCUT2D eigenvalue weighted by Crippen LogP contribution is 2.32. The van der Waals surface area contributed by atoms with Crippen molar-refractivity contribution in [1.29, 1.82) is 0 Å². The summed E-state index contributed by atoms with van der Waals surface area (Å²) in [6.07, 6.45) is 2.18. The van der Waals surface area contributed by atoms with E-state index in [1.807, 2.05) is 31.2 Å². The van der Waals surface area contributed by atoms with Crippen LogP contribution in [-0.4, -0.2) is 5.78 Å². The van der Waals surface area contributed by atoms with Gasteiger partial charge in [0.05, 0.1) is 0 Å². The second-order valence-electron chi connectivity index (χ2n) is 3.51. The van der Waals surface area contributed by atoms with Gasteiger partial charge in [-0.15, -0.1) is 0 Å². The van der Waals surface area contributed by atoms with Crippen LogP contribution in [0, 0.1) is 12.8 Å². The molecule has 0 saturated heterocycles. The average molecular weight is 160 g/mol. The number of carbonyl (C=O) groups is 1. The van der Waals surface area contributed by atoms with Crippen molar-refractivity contribution in [2.24, 2.45) is 5.92 Å². The Hall–Kier alpha value is -1.11. The first kappa shape index (κ1) is 7.53. The second-order valence-corrected chi connectivity index (χ2v) is 3.51. The van der Waals surface area contributed by atoms with Crippen molar-refractivity contribution in [2.45, 2.75) is 19.8 Å². The zero-order valence-electron chi connectivity index (χ0n) is 7.21. The maximum Gasteiger partial charge on any atom is 0.165 e. The molecule has 12 heavy (non-hydrogen) atoms. The monoisotopic (exact) mass is 160 g/mol. The van der Waals surface area contributed by atoms with Crippen molar-refractivity contribution in [2.75, 3.05) is 0 Å². The first-order chi connectivity index (χ1) is 5.77. The van der Waals surface area contributed by atoms with E-state index in [1.54, 1.807) is 0 Å². The number of hydrogen-bond acceptors (Lipinski definition) is 1. The van der Waals surface area contributed by atoms with Gasteiger partial charge in [0.25, 0.3) is 0 Å². The summed E-state index contributed by atoms with van der Waals surface area (Å²) in [5.74, 6) is 0.672. The van der Waals surface area contributed by atoms with E-state index < -0.39 is 0 Å². The normalized spacial score (nSPS) is 16.1. The Morgan fingerprint density at radius 1 is 1.42 bits per heavy atom. The first-order valence-corrected chi connectivity index (χ1v) is 4.38. The summed E-state index contributed by atoms with van der Waals surface area (Å²) in [5, 5.41) is 0. The quantitative estimate of drug-likeness (QED) is 0.608. The van der Waals surface area contributed by atoms with Gasteiger partial charge < -0.3 is 0 Å². The second kappa shape index (κ2) is 2.74. The van der Waals surface area contributed by atoms with Gasteiger partial charge in [0, 0.05) is 11.5 Å².